The zero-order valence-corrected chi connectivity index (χ0v) is 7.04. The van der Waals surface area contributed by atoms with Crippen molar-refractivity contribution in [3.05, 3.63) is 12.2 Å². The van der Waals surface area contributed by atoms with Crippen molar-refractivity contribution in [3.8, 4) is 0 Å². The molecule has 0 aromatic carbocycles. The SMILES string of the molecule is O=C(O)C1C=CCCC1Br. The number of rotatable bonds is 1. The van der Waals surface area contributed by atoms with Crippen LogP contribution in [0.1, 0.15) is 12.8 Å². The van der Waals surface area contributed by atoms with Gasteiger partial charge in [0.1, 0.15) is 0 Å². The molecule has 0 aromatic rings. The lowest BCUT2D eigenvalue weighted by Gasteiger charge is -2.17. The molecule has 1 N–H and O–H groups in total. The van der Waals surface area contributed by atoms with E-state index in [1.807, 2.05) is 6.08 Å². The summed E-state index contributed by atoms with van der Waals surface area (Å²) in [5.41, 5.74) is 0. The van der Waals surface area contributed by atoms with Crippen molar-refractivity contribution in [2.45, 2.75) is 17.7 Å². The maximum absolute atomic E-state index is 10.5. The monoisotopic (exact) mass is 204 g/mol. The van der Waals surface area contributed by atoms with Gasteiger partial charge in [-0.1, -0.05) is 28.1 Å². The van der Waals surface area contributed by atoms with Gasteiger partial charge in [0, 0.05) is 4.83 Å². The molecule has 3 heteroatoms. The van der Waals surface area contributed by atoms with Crippen LogP contribution in [0.4, 0.5) is 0 Å². The minimum absolute atomic E-state index is 0.120. The van der Waals surface area contributed by atoms with Gasteiger partial charge in [-0.2, -0.15) is 0 Å². The zero-order valence-electron chi connectivity index (χ0n) is 5.46. The minimum atomic E-state index is -0.738. The first kappa shape index (κ1) is 7.79. The van der Waals surface area contributed by atoms with Gasteiger partial charge >= 0.3 is 5.97 Å². The Morgan fingerprint density at radius 3 is 2.80 bits per heavy atom. The fraction of sp³-hybridized carbons (Fsp3) is 0.571. The van der Waals surface area contributed by atoms with Crippen LogP contribution in [-0.4, -0.2) is 15.9 Å². The number of halogens is 1. The van der Waals surface area contributed by atoms with Crippen LogP contribution in [0.3, 0.4) is 0 Å². The van der Waals surface area contributed by atoms with Gasteiger partial charge in [0.05, 0.1) is 5.92 Å². The Morgan fingerprint density at radius 2 is 2.40 bits per heavy atom. The highest BCUT2D eigenvalue weighted by atomic mass is 79.9. The van der Waals surface area contributed by atoms with E-state index in [0.717, 1.165) is 12.8 Å². The molecule has 0 aliphatic heterocycles. The van der Waals surface area contributed by atoms with E-state index in [-0.39, 0.29) is 10.7 Å². The molecule has 56 valence electrons. The summed E-state index contributed by atoms with van der Waals surface area (Å²) >= 11 is 3.32. The fourth-order valence-electron chi connectivity index (χ4n) is 1.04. The third-order valence-electron chi connectivity index (χ3n) is 1.63. The smallest absolute Gasteiger partial charge is 0.311 e. The summed E-state index contributed by atoms with van der Waals surface area (Å²) in [4.78, 5) is 10.6. The number of allylic oxidation sites excluding steroid dienone is 1. The molecule has 1 aliphatic carbocycles. The van der Waals surface area contributed by atoms with Crippen LogP contribution in [0.25, 0.3) is 0 Å². The first-order valence-electron chi connectivity index (χ1n) is 3.25. The molecule has 2 unspecified atom stereocenters. The Labute approximate surface area is 68.1 Å². The van der Waals surface area contributed by atoms with Crippen molar-refractivity contribution in [2.24, 2.45) is 5.92 Å². The molecule has 0 spiro atoms. The van der Waals surface area contributed by atoms with Gasteiger partial charge in [-0.25, -0.2) is 0 Å². The second kappa shape index (κ2) is 3.19. The molecule has 0 heterocycles. The fourth-order valence-corrected chi connectivity index (χ4v) is 1.70. The van der Waals surface area contributed by atoms with Crippen molar-refractivity contribution in [3.63, 3.8) is 0 Å². The highest BCUT2D eigenvalue weighted by Gasteiger charge is 2.24. The molecule has 10 heavy (non-hydrogen) atoms. The van der Waals surface area contributed by atoms with E-state index >= 15 is 0 Å². The quantitative estimate of drug-likeness (QED) is 0.523. The summed E-state index contributed by atoms with van der Waals surface area (Å²) in [5, 5.41) is 8.63. The summed E-state index contributed by atoms with van der Waals surface area (Å²) in [5.74, 6) is -1.06. The summed E-state index contributed by atoms with van der Waals surface area (Å²) < 4.78 is 0. The molecule has 2 atom stereocenters. The first-order chi connectivity index (χ1) is 4.72. The lowest BCUT2D eigenvalue weighted by atomic mass is 9.96. The van der Waals surface area contributed by atoms with Crippen LogP contribution >= 0.6 is 15.9 Å². The highest BCUT2D eigenvalue weighted by Crippen LogP contribution is 2.24. The van der Waals surface area contributed by atoms with E-state index in [4.69, 9.17) is 5.11 Å². The normalized spacial score (nSPS) is 32.1. The average Bonchev–Trinajstić information content (AvgIpc) is 1.88. The van der Waals surface area contributed by atoms with Crippen molar-refractivity contribution >= 4 is 21.9 Å². The number of alkyl halides is 1. The first-order valence-corrected chi connectivity index (χ1v) is 4.17. The largest absolute Gasteiger partial charge is 0.481 e. The summed E-state index contributed by atoms with van der Waals surface area (Å²) in [6.07, 6.45) is 5.59. The van der Waals surface area contributed by atoms with Gasteiger partial charge in [-0.15, -0.1) is 0 Å². The average molecular weight is 205 g/mol. The van der Waals surface area contributed by atoms with E-state index in [1.165, 1.54) is 0 Å². The minimum Gasteiger partial charge on any atom is -0.481 e. The van der Waals surface area contributed by atoms with Crippen LogP contribution in [0.5, 0.6) is 0 Å². The Hall–Kier alpha value is -0.310. The van der Waals surface area contributed by atoms with Crippen molar-refractivity contribution in [1.29, 1.82) is 0 Å². The van der Waals surface area contributed by atoms with Crippen LogP contribution in [-0.2, 0) is 4.79 Å². The number of hydrogen-bond donors (Lipinski definition) is 1. The molecule has 1 aliphatic rings. The molecule has 0 fully saturated rings. The van der Waals surface area contributed by atoms with E-state index in [0.29, 0.717) is 0 Å². The molecule has 0 aromatic heterocycles. The van der Waals surface area contributed by atoms with Crippen molar-refractivity contribution in [2.75, 3.05) is 0 Å². The van der Waals surface area contributed by atoms with Gasteiger partial charge in [-0.05, 0) is 12.8 Å². The number of carboxylic acids is 1. The molecule has 0 saturated heterocycles. The maximum Gasteiger partial charge on any atom is 0.311 e. The Kier molecular flexibility index (Phi) is 2.49. The standard InChI is InChI=1S/C7H9BrO2/c8-6-4-2-1-3-5(6)7(9)10/h1,3,5-6H,2,4H2,(H,9,10). The van der Waals surface area contributed by atoms with Gasteiger partial charge in [-0.3, -0.25) is 4.79 Å². The Balaban J connectivity index is 2.64. The summed E-state index contributed by atoms with van der Waals surface area (Å²) in [7, 11) is 0. The molecular formula is C7H9BrO2. The maximum atomic E-state index is 10.5. The molecular weight excluding hydrogens is 196 g/mol. The lowest BCUT2D eigenvalue weighted by molar-refractivity contribution is -0.140. The Morgan fingerprint density at radius 1 is 1.70 bits per heavy atom. The number of carbonyl (C=O) groups is 1. The predicted molar refractivity (Wildman–Crippen MR) is 42.2 cm³/mol. The molecule has 0 amide bonds. The van der Waals surface area contributed by atoms with Crippen molar-refractivity contribution < 1.29 is 9.90 Å². The van der Waals surface area contributed by atoms with Crippen LogP contribution in [0, 0.1) is 5.92 Å². The highest BCUT2D eigenvalue weighted by molar-refractivity contribution is 9.09. The second-order valence-electron chi connectivity index (χ2n) is 2.39. The third-order valence-corrected chi connectivity index (χ3v) is 2.65. The second-order valence-corrected chi connectivity index (χ2v) is 3.56. The van der Waals surface area contributed by atoms with Crippen LogP contribution < -0.4 is 0 Å². The summed E-state index contributed by atoms with van der Waals surface area (Å²) in [6, 6.07) is 0. The molecule has 1 rings (SSSR count). The van der Waals surface area contributed by atoms with Gasteiger partial charge < -0.3 is 5.11 Å². The lowest BCUT2D eigenvalue weighted by Crippen LogP contribution is -2.23. The van der Waals surface area contributed by atoms with E-state index < -0.39 is 5.97 Å². The van der Waals surface area contributed by atoms with Gasteiger partial charge in [0.15, 0.2) is 0 Å². The summed E-state index contributed by atoms with van der Waals surface area (Å²) in [6.45, 7) is 0. The van der Waals surface area contributed by atoms with Crippen molar-refractivity contribution in [1.82, 2.24) is 0 Å². The molecule has 2 nitrogen and oxygen atoms in total. The Bertz CT molecular complexity index is 165. The number of hydrogen-bond acceptors (Lipinski definition) is 1. The van der Waals surface area contributed by atoms with E-state index in [9.17, 15) is 4.79 Å². The molecule has 0 radical (unpaired) electrons. The van der Waals surface area contributed by atoms with E-state index in [1.54, 1.807) is 6.08 Å². The van der Waals surface area contributed by atoms with Crippen LogP contribution in [0.15, 0.2) is 12.2 Å². The van der Waals surface area contributed by atoms with E-state index in [2.05, 4.69) is 15.9 Å². The van der Waals surface area contributed by atoms with Gasteiger partial charge in [0.2, 0.25) is 0 Å². The number of carboxylic acid groups (broad SMARTS) is 1. The topological polar surface area (TPSA) is 37.3 Å². The van der Waals surface area contributed by atoms with Crippen LogP contribution in [0.2, 0.25) is 0 Å². The molecule has 0 saturated carbocycles. The zero-order chi connectivity index (χ0) is 7.56. The van der Waals surface area contributed by atoms with Gasteiger partial charge in [0.25, 0.3) is 0 Å². The molecule has 0 bridgehead atoms. The third kappa shape index (κ3) is 1.59. The number of aliphatic carboxylic acids is 1. The predicted octanol–water partition coefficient (Wildman–Crippen LogP) is 1.80.